The van der Waals surface area contributed by atoms with Crippen molar-refractivity contribution in [2.45, 2.75) is 0 Å². The first-order chi connectivity index (χ1) is 24.8. The van der Waals surface area contributed by atoms with Gasteiger partial charge < -0.3 is 4.90 Å². The van der Waals surface area contributed by atoms with Crippen LogP contribution in [0, 0.1) is 0 Å². The van der Waals surface area contributed by atoms with E-state index in [2.05, 4.69) is 193 Å². The SMILES string of the molecule is c1ccc(-c2ccc(N(c3ccc(-c4cc5ccccc5c5ccccc45)cc3)c3cccc4c3sc3cc5ccccc5cc34)cc2)cc1. The zero-order valence-electron chi connectivity index (χ0n) is 27.3. The van der Waals surface area contributed by atoms with Gasteiger partial charge in [-0.25, -0.2) is 0 Å². The van der Waals surface area contributed by atoms with E-state index < -0.39 is 0 Å². The molecule has 0 saturated heterocycles. The molecular formula is C48H31NS. The Morgan fingerprint density at radius 1 is 0.340 bits per heavy atom. The number of fused-ring (bicyclic) bond motifs is 7. The Balaban J connectivity index is 1.15. The lowest BCUT2D eigenvalue weighted by Gasteiger charge is -2.26. The average molecular weight is 654 g/mol. The Labute approximate surface area is 294 Å². The average Bonchev–Trinajstić information content (AvgIpc) is 3.56. The van der Waals surface area contributed by atoms with E-state index in [-0.39, 0.29) is 0 Å². The standard InChI is InChI=1S/C48H31NS/c1-2-11-32(12-3-1)33-21-25-38(26-22-33)49(46-20-10-19-43-45-29-35-13-4-5-14-36(35)31-47(45)50-48(43)46)39-27-23-34(24-28-39)44-30-37-15-6-7-16-40(37)41-17-8-9-18-42(41)44/h1-31H. The van der Waals surface area contributed by atoms with Crippen LogP contribution in [0.25, 0.3) is 74.7 Å². The number of hydrogen-bond donors (Lipinski definition) is 0. The predicted molar refractivity (Wildman–Crippen MR) is 217 cm³/mol. The van der Waals surface area contributed by atoms with E-state index in [9.17, 15) is 0 Å². The summed E-state index contributed by atoms with van der Waals surface area (Å²) in [5.41, 5.74) is 8.33. The molecule has 1 nitrogen and oxygen atoms in total. The third-order valence-electron chi connectivity index (χ3n) is 10.0. The van der Waals surface area contributed by atoms with Crippen molar-refractivity contribution in [1.29, 1.82) is 0 Å². The fraction of sp³-hybridized carbons (Fsp3) is 0. The fourth-order valence-corrected chi connectivity index (χ4v) is 8.82. The van der Waals surface area contributed by atoms with Crippen molar-refractivity contribution in [3.63, 3.8) is 0 Å². The monoisotopic (exact) mass is 653 g/mol. The van der Waals surface area contributed by atoms with Crippen LogP contribution in [0.5, 0.6) is 0 Å². The van der Waals surface area contributed by atoms with Crippen LogP contribution < -0.4 is 4.90 Å². The topological polar surface area (TPSA) is 3.24 Å². The van der Waals surface area contributed by atoms with Gasteiger partial charge in [-0.2, -0.15) is 0 Å². The minimum absolute atomic E-state index is 1.13. The molecule has 0 bridgehead atoms. The Hall–Kier alpha value is -6.22. The molecule has 0 fully saturated rings. The lowest BCUT2D eigenvalue weighted by molar-refractivity contribution is 1.30. The minimum Gasteiger partial charge on any atom is -0.309 e. The number of rotatable bonds is 5. The van der Waals surface area contributed by atoms with Gasteiger partial charge in [0.05, 0.1) is 10.4 Å². The molecule has 1 heterocycles. The smallest absolute Gasteiger partial charge is 0.0640 e. The van der Waals surface area contributed by atoms with Crippen LogP contribution in [0.3, 0.4) is 0 Å². The van der Waals surface area contributed by atoms with Crippen molar-refractivity contribution in [2.24, 2.45) is 0 Å². The zero-order chi connectivity index (χ0) is 33.0. The molecule has 0 aliphatic rings. The highest BCUT2D eigenvalue weighted by Gasteiger charge is 2.19. The van der Waals surface area contributed by atoms with Gasteiger partial charge in [-0.1, -0.05) is 140 Å². The number of anilines is 3. The first-order valence-electron chi connectivity index (χ1n) is 17.1. The van der Waals surface area contributed by atoms with Gasteiger partial charge in [0.15, 0.2) is 0 Å². The summed E-state index contributed by atoms with van der Waals surface area (Å²) in [6.45, 7) is 0. The molecule has 0 atom stereocenters. The van der Waals surface area contributed by atoms with E-state index in [0.29, 0.717) is 0 Å². The molecule has 1 aromatic heterocycles. The lowest BCUT2D eigenvalue weighted by Crippen LogP contribution is -2.10. The first kappa shape index (κ1) is 28.8. The summed E-state index contributed by atoms with van der Waals surface area (Å²) in [7, 11) is 0. The quantitative estimate of drug-likeness (QED) is 0.167. The molecule has 234 valence electrons. The second-order valence-corrected chi connectivity index (χ2v) is 14.0. The van der Waals surface area contributed by atoms with Gasteiger partial charge in [-0.05, 0) is 103 Å². The van der Waals surface area contributed by atoms with Crippen molar-refractivity contribution in [3.05, 3.63) is 188 Å². The Morgan fingerprint density at radius 2 is 0.900 bits per heavy atom. The molecule has 2 heteroatoms. The Morgan fingerprint density at radius 3 is 1.64 bits per heavy atom. The molecule has 50 heavy (non-hydrogen) atoms. The van der Waals surface area contributed by atoms with Crippen LogP contribution in [0.1, 0.15) is 0 Å². The summed E-state index contributed by atoms with van der Waals surface area (Å²) < 4.78 is 2.60. The van der Waals surface area contributed by atoms with E-state index >= 15 is 0 Å². The number of benzene rings is 9. The first-order valence-corrected chi connectivity index (χ1v) is 17.9. The lowest BCUT2D eigenvalue weighted by atomic mass is 9.93. The van der Waals surface area contributed by atoms with Gasteiger partial charge >= 0.3 is 0 Å². The van der Waals surface area contributed by atoms with E-state index in [0.717, 1.165) is 11.4 Å². The second kappa shape index (κ2) is 11.7. The van der Waals surface area contributed by atoms with Crippen molar-refractivity contribution >= 4 is 80.9 Å². The second-order valence-electron chi connectivity index (χ2n) is 12.9. The van der Waals surface area contributed by atoms with Gasteiger partial charge in [0, 0.05) is 26.8 Å². The van der Waals surface area contributed by atoms with Gasteiger partial charge in [0.2, 0.25) is 0 Å². The fourth-order valence-electron chi connectivity index (χ4n) is 7.59. The van der Waals surface area contributed by atoms with Crippen LogP contribution >= 0.6 is 11.3 Å². The Kier molecular flexibility index (Phi) is 6.75. The molecule has 9 aromatic carbocycles. The third kappa shape index (κ3) is 4.76. The predicted octanol–water partition coefficient (Wildman–Crippen LogP) is 14.3. The maximum Gasteiger partial charge on any atom is 0.0640 e. The van der Waals surface area contributed by atoms with Crippen molar-refractivity contribution < 1.29 is 0 Å². The van der Waals surface area contributed by atoms with Crippen LogP contribution in [0.15, 0.2) is 188 Å². The molecule has 10 aromatic rings. The summed E-state index contributed by atoms with van der Waals surface area (Å²) in [6, 6.07) is 68.7. The maximum atomic E-state index is 2.43. The normalized spacial score (nSPS) is 11.6. The number of thiophene rings is 1. The van der Waals surface area contributed by atoms with Crippen molar-refractivity contribution in [1.82, 2.24) is 0 Å². The largest absolute Gasteiger partial charge is 0.309 e. The molecule has 0 spiro atoms. The van der Waals surface area contributed by atoms with Crippen LogP contribution in [-0.2, 0) is 0 Å². The van der Waals surface area contributed by atoms with Crippen molar-refractivity contribution in [2.75, 3.05) is 4.90 Å². The summed E-state index contributed by atoms with van der Waals surface area (Å²) >= 11 is 1.88. The number of nitrogens with zero attached hydrogens (tertiary/aromatic N) is 1. The Bertz CT molecular complexity index is 2850. The van der Waals surface area contributed by atoms with E-state index in [1.807, 2.05) is 11.3 Å². The van der Waals surface area contributed by atoms with Crippen molar-refractivity contribution in [3.8, 4) is 22.3 Å². The molecule has 0 amide bonds. The molecule has 10 rings (SSSR count). The van der Waals surface area contributed by atoms with E-state index in [1.165, 1.54) is 80.4 Å². The van der Waals surface area contributed by atoms with Crippen LogP contribution in [-0.4, -0.2) is 0 Å². The summed E-state index contributed by atoms with van der Waals surface area (Å²) in [6.07, 6.45) is 0. The molecule has 0 radical (unpaired) electrons. The summed E-state index contributed by atoms with van der Waals surface area (Å²) in [4.78, 5) is 2.43. The zero-order valence-corrected chi connectivity index (χ0v) is 28.1. The van der Waals surface area contributed by atoms with Gasteiger partial charge in [-0.15, -0.1) is 11.3 Å². The highest BCUT2D eigenvalue weighted by molar-refractivity contribution is 7.26. The highest BCUT2D eigenvalue weighted by Crippen LogP contribution is 2.46. The summed E-state index contributed by atoms with van der Waals surface area (Å²) in [5, 5.41) is 10.3. The molecule has 0 N–H and O–H groups in total. The molecule has 0 unspecified atom stereocenters. The van der Waals surface area contributed by atoms with E-state index in [1.54, 1.807) is 0 Å². The summed E-state index contributed by atoms with van der Waals surface area (Å²) in [5.74, 6) is 0. The minimum atomic E-state index is 1.13. The van der Waals surface area contributed by atoms with Gasteiger partial charge in [-0.3, -0.25) is 0 Å². The molecular weight excluding hydrogens is 623 g/mol. The van der Waals surface area contributed by atoms with Gasteiger partial charge in [0.1, 0.15) is 0 Å². The molecule has 0 saturated carbocycles. The maximum absolute atomic E-state index is 2.43. The highest BCUT2D eigenvalue weighted by atomic mass is 32.1. The number of hydrogen-bond acceptors (Lipinski definition) is 2. The van der Waals surface area contributed by atoms with Crippen LogP contribution in [0.2, 0.25) is 0 Å². The third-order valence-corrected chi connectivity index (χ3v) is 11.2. The molecule has 0 aliphatic heterocycles. The van der Waals surface area contributed by atoms with Gasteiger partial charge in [0.25, 0.3) is 0 Å². The molecule has 0 aliphatic carbocycles. The van der Waals surface area contributed by atoms with E-state index in [4.69, 9.17) is 0 Å². The van der Waals surface area contributed by atoms with Crippen LogP contribution in [0.4, 0.5) is 17.1 Å².